The lowest BCUT2D eigenvalue weighted by Gasteiger charge is -2.32. The first-order chi connectivity index (χ1) is 11.7. The number of carbonyl (C=O) groups excluding carboxylic acids is 2. The van der Waals surface area contributed by atoms with Crippen LogP contribution in [0.15, 0.2) is 29.8 Å². The highest BCUT2D eigenvalue weighted by Gasteiger charge is 2.33. The van der Waals surface area contributed by atoms with E-state index >= 15 is 0 Å². The standard InChI is InChI=1S/C21H26O3/c1-24-21(23)17-12-10-15(11-13-17)14-18-8-5-9-19(20(18)22)16-6-3-2-4-7-16/h10-14,16,19H,2-9H2,1H3/b18-14-. The van der Waals surface area contributed by atoms with E-state index in [9.17, 15) is 9.59 Å². The molecule has 1 aromatic carbocycles. The summed E-state index contributed by atoms with van der Waals surface area (Å²) >= 11 is 0. The van der Waals surface area contributed by atoms with Crippen LogP contribution in [-0.4, -0.2) is 18.9 Å². The van der Waals surface area contributed by atoms with Gasteiger partial charge in [-0.3, -0.25) is 4.79 Å². The number of Topliss-reactive ketones (excluding diaryl/α,β-unsaturated/α-hetero) is 1. The van der Waals surface area contributed by atoms with Gasteiger partial charge in [0.05, 0.1) is 12.7 Å². The molecule has 0 saturated heterocycles. The van der Waals surface area contributed by atoms with E-state index in [4.69, 9.17) is 4.74 Å². The SMILES string of the molecule is COC(=O)c1ccc(/C=C2/CCCC(C3CCCCC3)C2=O)cc1. The second-order valence-electron chi connectivity index (χ2n) is 7.04. The molecule has 128 valence electrons. The molecule has 2 saturated carbocycles. The smallest absolute Gasteiger partial charge is 0.337 e. The van der Waals surface area contributed by atoms with Crippen molar-refractivity contribution in [2.75, 3.05) is 7.11 Å². The van der Waals surface area contributed by atoms with Gasteiger partial charge in [0.1, 0.15) is 0 Å². The van der Waals surface area contributed by atoms with Gasteiger partial charge in [-0.05, 0) is 67.4 Å². The summed E-state index contributed by atoms with van der Waals surface area (Å²) in [5.74, 6) is 0.863. The summed E-state index contributed by atoms with van der Waals surface area (Å²) in [5.41, 5.74) is 2.48. The molecule has 1 aromatic rings. The molecule has 24 heavy (non-hydrogen) atoms. The van der Waals surface area contributed by atoms with E-state index in [0.717, 1.165) is 30.4 Å². The fourth-order valence-electron chi connectivity index (χ4n) is 4.17. The van der Waals surface area contributed by atoms with Crippen LogP contribution in [0, 0.1) is 11.8 Å². The number of rotatable bonds is 3. The molecule has 2 aliphatic carbocycles. The Balaban J connectivity index is 1.74. The highest BCUT2D eigenvalue weighted by Crippen LogP contribution is 2.38. The number of esters is 1. The largest absolute Gasteiger partial charge is 0.465 e. The number of benzene rings is 1. The van der Waals surface area contributed by atoms with Gasteiger partial charge in [-0.1, -0.05) is 31.4 Å². The summed E-state index contributed by atoms with van der Waals surface area (Å²) < 4.78 is 4.72. The van der Waals surface area contributed by atoms with Gasteiger partial charge >= 0.3 is 5.97 Å². The fourth-order valence-corrected chi connectivity index (χ4v) is 4.17. The molecule has 3 heteroatoms. The number of allylic oxidation sites excluding steroid dienone is 1. The monoisotopic (exact) mass is 326 g/mol. The summed E-state index contributed by atoms with van der Waals surface area (Å²) in [4.78, 5) is 24.4. The Hall–Kier alpha value is -1.90. The van der Waals surface area contributed by atoms with Crippen molar-refractivity contribution in [3.05, 3.63) is 41.0 Å². The third kappa shape index (κ3) is 3.77. The molecule has 2 fully saturated rings. The summed E-state index contributed by atoms with van der Waals surface area (Å²) in [6, 6.07) is 7.28. The van der Waals surface area contributed by atoms with E-state index in [2.05, 4.69) is 0 Å². The predicted molar refractivity (Wildman–Crippen MR) is 94.7 cm³/mol. The number of methoxy groups -OCH3 is 1. The second kappa shape index (κ2) is 7.78. The Morgan fingerprint density at radius 1 is 1.04 bits per heavy atom. The molecule has 0 aromatic heterocycles. The zero-order chi connectivity index (χ0) is 16.9. The van der Waals surface area contributed by atoms with Crippen molar-refractivity contribution >= 4 is 17.8 Å². The van der Waals surface area contributed by atoms with Crippen LogP contribution in [0.2, 0.25) is 0 Å². The summed E-state index contributed by atoms with van der Waals surface area (Å²) in [5, 5.41) is 0. The zero-order valence-electron chi connectivity index (χ0n) is 14.4. The van der Waals surface area contributed by atoms with Crippen molar-refractivity contribution in [3.63, 3.8) is 0 Å². The lowest BCUT2D eigenvalue weighted by atomic mass is 9.71. The molecular formula is C21H26O3. The molecule has 0 heterocycles. The molecule has 0 radical (unpaired) electrons. The normalized spacial score (nSPS) is 24.1. The van der Waals surface area contributed by atoms with Crippen LogP contribution in [0.25, 0.3) is 6.08 Å². The van der Waals surface area contributed by atoms with Gasteiger partial charge in [-0.2, -0.15) is 0 Å². The van der Waals surface area contributed by atoms with Crippen LogP contribution >= 0.6 is 0 Å². The van der Waals surface area contributed by atoms with Gasteiger partial charge in [0, 0.05) is 5.92 Å². The van der Waals surface area contributed by atoms with E-state index in [1.807, 2.05) is 18.2 Å². The Morgan fingerprint density at radius 3 is 2.42 bits per heavy atom. The molecule has 3 nitrogen and oxygen atoms in total. The van der Waals surface area contributed by atoms with Crippen LogP contribution < -0.4 is 0 Å². The van der Waals surface area contributed by atoms with Crippen LogP contribution in [0.4, 0.5) is 0 Å². The lowest BCUT2D eigenvalue weighted by Crippen LogP contribution is -2.30. The van der Waals surface area contributed by atoms with Gasteiger partial charge in [0.2, 0.25) is 0 Å². The fraction of sp³-hybridized carbons (Fsp3) is 0.524. The highest BCUT2D eigenvalue weighted by atomic mass is 16.5. The van der Waals surface area contributed by atoms with Gasteiger partial charge in [0.15, 0.2) is 5.78 Å². The number of hydrogen-bond donors (Lipinski definition) is 0. The third-order valence-electron chi connectivity index (χ3n) is 5.51. The molecule has 0 aliphatic heterocycles. The first-order valence-electron chi connectivity index (χ1n) is 9.12. The maximum absolute atomic E-state index is 12.9. The van der Waals surface area contributed by atoms with Crippen LogP contribution in [0.1, 0.15) is 67.3 Å². The minimum atomic E-state index is -0.333. The first-order valence-corrected chi connectivity index (χ1v) is 9.12. The molecule has 3 rings (SSSR count). The highest BCUT2D eigenvalue weighted by molar-refractivity contribution is 6.02. The number of ketones is 1. The van der Waals surface area contributed by atoms with E-state index in [-0.39, 0.29) is 11.9 Å². The summed E-state index contributed by atoms with van der Waals surface area (Å²) in [6.07, 6.45) is 11.4. The van der Waals surface area contributed by atoms with Crippen LogP contribution in [0.5, 0.6) is 0 Å². The van der Waals surface area contributed by atoms with Crippen molar-refractivity contribution in [1.29, 1.82) is 0 Å². The molecule has 0 N–H and O–H groups in total. The van der Waals surface area contributed by atoms with Crippen molar-refractivity contribution in [1.82, 2.24) is 0 Å². The van der Waals surface area contributed by atoms with Gasteiger partial charge in [0.25, 0.3) is 0 Å². The maximum Gasteiger partial charge on any atom is 0.337 e. The zero-order valence-corrected chi connectivity index (χ0v) is 14.4. The number of ether oxygens (including phenoxy) is 1. The van der Waals surface area contributed by atoms with Crippen LogP contribution in [-0.2, 0) is 9.53 Å². The molecule has 1 unspecified atom stereocenters. The van der Waals surface area contributed by atoms with E-state index < -0.39 is 0 Å². The van der Waals surface area contributed by atoms with Gasteiger partial charge in [-0.25, -0.2) is 4.79 Å². The average Bonchev–Trinajstić information content (AvgIpc) is 2.64. The number of hydrogen-bond acceptors (Lipinski definition) is 3. The van der Waals surface area contributed by atoms with Crippen molar-refractivity contribution in [2.45, 2.75) is 51.4 Å². The van der Waals surface area contributed by atoms with Gasteiger partial charge in [-0.15, -0.1) is 0 Å². The lowest BCUT2D eigenvalue weighted by molar-refractivity contribution is -0.122. The van der Waals surface area contributed by atoms with Crippen molar-refractivity contribution in [3.8, 4) is 0 Å². The molecule has 2 aliphatic rings. The Morgan fingerprint density at radius 2 is 1.75 bits per heavy atom. The first kappa shape index (κ1) is 16.9. The van der Waals surface area contributed by atoms with Crippen molar-refractivity contribution < 1.29 is 14.3 Å². The van der Waals surface area contributed by atoms with Crippen LogP contribution in [0.3, 0.4) is 0 Å². The molecule has 1 atom stereocenters. The molecule has 0 bridgehead atoms. The van der Waals surface area contributed by atoms with E-state index in [1.54, 1.807) is 12.1 Å². The van der Waals surface area contributed by atoms with Crippen molar-refractivity contribution in [2.24, 2.45) is 11.8 Å². The summed E-state index contributed by atoms with van der Waals surface area (Å²) in [7, 11) is 1.38. The second-order valence-corrected chi connectivity index (χ2v) is 7.04. The third-order valence-corrected chi connectivity index (χ3v) is 5.51. The maximum atomic E-state index is 12.9. The molecule has 0 amide bonds. The topological polar surface area (TPSA) is 43.4 Å². The quantitative estimate of drug-likeness (QED) is 0.591. The minimum absolute atomic E-state index is 0.236. The van der Waals surface area contributed by atoms with E-state index in [1.165, 1.54) is 39.2 Å². The Kier molecular flexibility index (Phi) is 5.49. The predicted octanol–water partition coefficient (Wildman–Crippen LogP) is 4.81. The van der Waals surface area contributed by atoms with E-state index in [0.29, 0.717) is 17.3 Å². The molecular weight excluding hydrogens is 300 g/mol. The summed E-state index contributed by atoms with van der Waals surface area (Å²) in [6.45, 7) is 0. The average molecular weight is 326 g/mol. The number of carbonyl (C=O) groups is 2. The Bertz CT molecular complexity index is 621. The minimum Gasteiger partial charge on any atom is -0.465 e. The molecule has 0 spiro atoms. The van der Waals surface area contributed by atoms with Gasteiger partial charge < -0.3 is 4.74 Å². The Labute approximate surface area is 144 Å².